The first-order valence-electron chi connectivity index (χ1n) is 8.75. The third-order valence-corrected chi connectivity index (χ3v) is 4.00. The molecule has 0 saturated heterocycles. The molecule has 0 aliphatic carbocycles. The van der Waals surface area contributed by atoms with Gasteiger partial charge in [-0.1, -0.05) is 20.8 Å². The van der Waals surface area contributed by atoms with Crippen LogP contribution in [0.2, 0.25) is 0 Å². The molecule has 3 aromatic rings. The predicted octanol–water partition coefficient (Wildman–Crippen LogP) is 2.81. The molecule has 0 atom stereocenters. The number of carbonyl (C=O) groups excluding carboxylic acids is 3. The number of nitrogens with one attached hydrogen (secondary N) is 2. The molecule has 0 aliphatic heterocycles. The minimum absolute atomic E-state index is 0.219. The topological polar surface area (TPSA) is 126 Å². The first-order valence-corrected chi connectivity index (χ1v) is 8.75. The van der Waals surface area contributed by atoms with Crippen molar-refractivity contribution in [3.05, 3.63) is 46.0 Å². The number of aromatic amines is 1. The Bertz CT molecular complexity index is 1220. The summed E-state index contributed by atoms with van der Waals surface area (Å²) in [6.45, 7) is 6.63. The maximum absolute atomic E-state index is 13.6. The summed E-state index contributed by atoms with van der Waals surface area (Å²) < 4.78 is 42.1. The standard InChI is InChI=1S/C18H18F3N5O2.CO2/c1-9-5-12-15(27)24-14(25-26(12)8-9)10-7-22-13(6-11(10)18(19,20)21)23-16(28)17(2,3)4;2-1-3/h5-8H,1-4H3,(H,22,23,28)(H,24,25,27);. The van der Waals surface area contributed by atoms with E-state index < -0.39 is 34.2 Å². The second kappa shape index (κ2) is 8.52. The molecule has 9 nitrogen and oxygen atoms in total. The Labute approximate surface area is 173 Å². The summed E-state index contributed by atoms with van der Waals surface area (Å²) in [4.78, 5) is 46.7. The molecular formula is C19H18F3N5O4. The quantitative estimate of drug-likeness (QED) is 0.635. The smallest absolute Gasteiger partial charge is 0.310 e. The Kier molecular flexibility index (Phi) is 6.46. The number of aryl methyl sites for hydroxylation is 1. The number of halogens is 3. The molecule has 0 aromatic carbocycles. The summed E-state index contributed by atoms with van der Waals surface area (Å²) in [5.74, 6) is -0.991. The van der Waals surface area contributed by atoms with Gasteiger partial charge in [-0.25, -0.2) is 9.50 Å². The number of nitrogens with zero attached hydrogens (tertiary/aromatic N) is 3. The number of alkyl halides is 3. The average Bonchev–Trinajstić information content (AvgIpc) is 3.01. The SMILES string of the molecule is Cc1cc2c(=O)[nH]c(-c3cnc(NC(=O)C(C)(C)C)cc3C(F)(F)F)nn2c1.O=C=O. The van der Waals surface area contributed by atoms with E-state index in [0.717, 1.165) is 17.8 Å². The van der Waals surface area contributed by atoms with Crippen LogP contribution in [-0.4, -0.2) is 31.6 Å². The monoisotopic (exact) mass is 437 g/mol. The van der Waals surface area contributed by atoms with Crippen LogP contribution >= 0.6 is 0 Å². The fraction of sp³-hybridized carbons (Fsp3) is 0.316. The van der Waals surface area contributed by atoms with Crippen molar-refractivity contribution >= 4 is 23.4 Å². The van der Waals surface area contributed by atoms with Crippen LogP contribution in [0.15, 0.2) is 29.3 Å². The van der Waals surface area contributed by atoms with E-state index in [1.54, 1.807) is 33.8 Å². The van der Waals surface area contributed by atoms with Crippen LogP contribution in [0.25, 0.3) is 16.9 Å². The van der Waals surface area contributed by atoms with E-state index in [0.29, 0.717) is 0 Å². The molecule has 0 fully saturated rings. The molecule has 31 heavy (non-hydrogen) atoms. The van der Waals surface area contributed by atoms with Crippen molar-refractivity contribution < 1.29 is 27.6 Å². The van der Waals surface area contributed by atoms with Crippen molar-refractivity contribution in [2.24, 2.45) is 5.41 Å². The van der Waals surface area contributed by atoms with E-state index >= 15 is 0 Å². The number of hydrogen-bond acceptors (Lipinski definition) is 6. The second-order valence-electron chi connectivity index (χ2n) is 7.55. The Hall–Kier alpha value is -3.79. The number of aromatic nitrogens is 4. The van der Waals surface area contributed by atoms with Gasteiger partial charge in [-0.3, -0.25) is 9.59 Å². The lowest BCUT2D eigenvalue weighted by Gasteiger charge is -2.18. The molecule has 3 heterocycles. The largest absolute Gasteiger partial charge is 0.417 e. The highest BCUT2D eigenvalue weighted by Gasteiger charge is 2.36. The average molecular weight is 437 g/mol. The van der Waals surface area contributed by atoms with Crippen LogP contribution in [0.5, 0.6) is 0 Å². The number of hydrogen-bond donors (Lipinski definition) is 2. The fourth-order valence-corrected chi connectivity index (χ4v) is 2.51. The van der Waals surface area contributed by atoms with Crippen molar-refractivity contribution in [3.8, 4) is 11.4 Å². The molecule has 0 spiro atoms. The summed E-state index contributed by atoms with van der Waals surface area (Å²) in [6, 6.07) is 2.30. The Morgan fingerprint density at radius 3 is 2.35 bits per heavy atom. The van der Waals surface area contributed by atoms with Gasteiger partial charge in [0.05, 0.1) is 5.56 Å². The number of anilines is 1. The first kappa shape index (κ1) is 23.5. The summed E-state index contributed by atoms with van der Waals surface area (Å²) >= 11 is 0. The molecule has 164 valence electrons. The van der Waals surface area contributed by atoms with Crippen molar-refractivity contribution in [1.82, 2.24) is 19.6 Å². The Balaban J connectivity index is 0.00000107. The van der Waals surface area contributed by atoms with Crippen LogP contribution in [-0.2, 0) is 20.6 Å². The van der Waals surface area contributed by atoms with E-state index in [9.17, 15) is 22.8 Å². The van der Waals surface area contributed by atoms with Crippen molar-refractivity contribution in [2.75, 3.05) is 5.32 Å². The van der Waals surface area contributed by atoms with Gasteiger partial charge in [-0.15, -0.1) is 5.10 Å². The van der Waals surface area contributed by atoms with Gasteiger partial charge in [0.1, 0.15) is 11.3 Å². The van der Waals surface area contributed by atoms with Crippen LogP contribution < -0.4 is 10.9 Å². The molecule has 1 amide bonds. The van der Waals surface area contributed by atoms with Gasteiger partial charge in [0.15, 0.2) is 5.82 Å². The molecule has 0 unspecified atom stereocenters. The van der Waals surface area contributed by atoms with Crippen LogP contribution in [0.3, 0.4) is 0 Å². The van der Waals surface area contributed by atoms with Gasteiger partial charge >= 0.3 is 12.3 Å². The van der Waals surface area contributed by atoms with Gasteiger partial charge in [0, 0.05) is 23.4 Å². The van der Waals surface area contributed by atoms with Crippen LogP contribution in [0.1, 0.15) is 31.9 Å². The van der Waals surface area contributed by atoms with E-state index in [1.165, 1.54) is 10.7 Å². The number of amides is 1. The molecule has 3 aromatic heterocycles. The molecule has 0 bridgehead atoms. The van der Waals surface area contributed by atoms with Crippen molar-refractivity contribution in [2.45, 2.75) is 33.9 Å². The Morgan fingerprint density at radius 2 is 1.81 bits per heavy atom. The van der Waals surface area contributed by atoms with E-state index in [4.69, 9.17) is 9.59 Å². The van der Waals surface area contributed by atoms with Gasteiger partial charge in [-0.2, -0.15) is 22.8 Å². The minimum atomic E-state index is -4.75. The van der Waals surface area contributed by atoms with Gasteiger partial charge < -0.3 is 10.3 Å². The zero-order valence-electron chi connectivity index (χ0n) is 16.9. The zero-order valence-corrected chi connectivity index (χ0v) is 16.9. The molecule has 2 N–H and O–H groups in total. The third-order valence-electron chi connectivity index (χ3n) is 4.00. The van der Waals surface area contributed by atoms with Gasteiger partial charge in [-0.05, 0) is 24.6 Å². The maximum Gasteiger partial charge on any atom is 0.417 e. The Morgan fingerprint density at radius 1 is 1.19 bits per heavy atom. The van der Waals surface area contributed by atoms with Crippen molar-refractivity contribution in [1.29, 1.82) is 0 Å². The highest BCUT2D eigenvalue weighted by molar-refractivity contribution is 5.94. The predicted molar refractivity (Wildman–Crippen MR) is 102 cm³/mol. The van der Waals surface area contributed by atoms with Crippen LogP contribution in [0, 0.1) is 12.3 Å². The molecule has 12 heteroatoms. The van der Waals surface area contributed by atoms with Gasteiger partial charge in [0.2, 0.25) is 5.91 Å². The number of rotatable bonds is 2. The summed E-state index contributed by atoms with van der Waals surface area (Å²) in [7, 11) is 0. The van der Waals surface area contributed by atoms with E-state index in [2.05, 4.69) is 20.4 Å². The number of H-pyrrole nitrogens is 1. The highest BCUT2D eigenvalue weighted by atomic mass is 19.4. The second-order valence-corrected chi connectivity index (χ2v) is 7.55. The zero-order chi connectivity index (χ0) is 23.6. The molecule has 0 saturated carbocycles. The number of fused-ring (bicyclic) bond motifs is 1. The molecule has 0 radical (unpaired) electrons. The van der Waals surface area contributed by atoms with Crippen molar-refractivity contribution in [3.63, 3.8) is 0 Å². The highest BCUT2D eigenvalue weighted by Crippen LogP contribution is 2.36. The number of carbonyl (C=O) groups is 1. The van der Waals surface area contributed by atoms with Crippen LogP contribution in [0.4, 0.5) is 19.0 Å². The first-order chi connectivity index (χ1) is 14.3. The third kappa shape index (κ3) is 5.43. The molecule has 0 aliphatic rings. The van der Waals surface area contributed by atoms with E-state index in [-0.39, 0.29) is 23.3 Å². The fourth-order valence-electron chi connectivity index (χ4n) is 2.51. The lowest BCUT2D eigenvalue weighted by atomic mass is 9.96. The summed E-state index contributed by atoms with van der Waals surface area (Å²) in [6.07, 6.45) is -2.03. The molecular weight excluding hydrogens is 419 g/mol. The van der Waals surface area contributed by atoms with E-state index in [1.807, 2.05) is 0 Å². The van der Waals surface area contributed by atoms with Gasteiger partial charge in [0.25, 0.3) is 5.56 Å². The minimum Gasteiger partial charge on any atom is -0.310 e. The summed E-state index contributed by atoms with van der Waals surface area (Å²) in [5.41, 5.74) is -1.88. The lowest BCUT2D eigenvalue weighted by molar-refractivity contribution is -0.191. The normalized spacial score (nSPS) is 11.5. The maximum atomic E-state index is 13.6. The lowest BCUT2D eigenvalue weighted by Crippen LogP contribution is -2.28. The molecule has 3 rings (SSSR count). The number of pyridine rings is 1. The summed E-state index contributed by atoms with van der Waals surface area (Å²) in [5, 5.41) is 6.43.